The summed E-state index contributed by atoms with van der Waals surface area (Å²) < 4.78 is 31.8. The number of hydrazone groups is 1. The highest BCUT2D eigenvalue weighted by molar-refractivity contribution is 5.80. The maximum absolute atomic E-state index is 13.3. The average molecular weight is 214 g/mol. The van der Waals surface area contributed by atoms with E-state index in [-0.39, 0.29) is 11.1 Å². The van der Waals surface area contributed by atoms with Crippen LogP contribution < -0.4 is 10.6 Å². The molecular weight excluding hydrogens is 202 g/mol. The Morgan fingerprint density at radius 3 is 2.67 bits per heavy atom. The van der Waals surface area contributed by atoms with Gasteiger partial charge in [-0.25, -0.2) is 8.78 Å². The molecule has 0 saturated heterocycles. The van der Waals surface area contributed by atoms with Crippen LogP contribution in [-0.2, 0) is 0 Å². The van der Waals surface area contributed by atoms with Gasteiger partial charge in [-0.1, -0.05) is 0 Å². The number of rotatable bonds is 3. The summed E-state index contributed by atoms with van der Waals surface area (Å²) in [5.41, 5.74) is 0.118. The molecule has 0 heterocycles. The second-order valence-electron chi connectivity index (χ2n) is 2.93. The van der Waals surface area contributed by atoms with E-state index in [4.69, 9.17) is 10.6 Å². The van der Waals surface area contributed by atoms with Gasteiger partial charge in [0.25, 0.3) is 0 Å². The van der Waals surface area contributed by atoms with Crippen LogP contribution in [0.2, 0.25) is 0 Å². The highest BCUT2D eigenvalue weighted by Gasteiger charge is 2.15. The van der Waals surface area contributed by atoms with E-state index in [9.17, 15) is 8.78 Å². The lowest BCUT2D eigenvalue weighted by Crippen LogP contribution is -2.02. The largest absolute Gasteiger partial charge is 0.493 e. The fourth-order valence-electron chi connectivity index (χ4n) is 1.19. The van der Waals surface area contributed by atoms with Gasteiger partial charge in [-0.2, -0.15) is 5.10 Å². The molecule has 1 rings (SSSR count). The van der Waals surface area contributed by atoms with Crippen LogP contribution in [0.4, 0.5) is 8.78 Å². The van der Waals surface area contributed by atoms with Gasteiger partial charge in [0.1, 0.15) is 5.75 Å². The molecule has 0 aliphatic carbocycles. The molecule has 0 amide bonds. The van der Waals surface area contributed by atoms with E-state index in [1.165, 1.54) is 13.0 Å². The first-order valence-electron chi connectivity index (χ1n) is 4.46. The third-order valence-electron chi connectivity index (χ3n) is 1.95. The van der Waals surface area contributed by atoms with Crippen molar-refractivity contribution in [2.24, 2.45) is 10.9 Å². The Balaban J connectivity index is 3.31. The first kappa shape index (κ1) is 11.4. The molecule has 0 unspecified atom stereocenters. The van der Waals surface area contributed by atoms with Crippen LogP contribution in [0.1, 0.15) is 18.1 Å². The third-order valence-corrected chi connectivity index (χ3v) is 1.95. The van der Waals surface area contributed by atoms with Gasteiger partial charge in [0.05, 0.1) is 12.8 Å². The second-order valence-corrected chi connectivity index (χ2v) is 2.93. The van der Waals surface area contributed by atoms with Crippen LogP contribution in [0.15, 0.2) is 11.2 Å². The van der Waals surface area contributed by atoms with E-state index in [0.29, 0.717) is 12.4 Å². The van der Waals surface area contributed by atoms with Crippen molar-refractivity contribution in [3.05, 3.63) is 28.8 Å². The number of hydrogen-bond acceptors (Lipinski definition) is 3. The van der Waals surface area contributed by atoms with Gasteiger partial charge < -0.3 is 10.6 Å². The predicted molar refractivity (Wildman–Crippen MR) is 54.0 cm³/mol. The average Bonchev–Trinajstić information content (AvgIpc) is 2.22. The molecule has 5 heteroatoms. The number of nitrogens with two attached hydrogens (primary N) is 1. The quantitative estimate of drug-likeness (QED) is 0.475. The molecule has 0 radical (unpaired) electrons. The lowest BCUT2D eigenvalue weighted by atomic mass is 10.1. The Morgan fingerprint density at radius 1 is 1.47 bits per heavy atom. The Labute approximate surface area is 86.5 Å². The van der Waals surface area contributed by atoms with Gasteiger partial charge in [-0.3, -0.25) is 0 Å². The minimum absolute atomic E-state index is 0.0240. The highest BCUT2D eigenvalue weighted by atomic mass is 19.2. The molecule has 0 aliphatic heterocycles. The molecule has 2 N–H and O–H groups in total. The molecule has 3 nitrogen and oxygen atoms in total. The van der Waals surface area contributed by atoms with Crippen molar-refractivity contribution in [1.29, 1.82) is 0 Å². The minimum Gasteiger partial charge on any atom is -0.493 e. The Hall–Kier alpha value is -1.65. The van der Waals surface area contributed by atoms with Crippen molar-refractivity contribution in [3.63, 3.8) is 0 Å². The van der Waals surface area contributed by atoms with Crippen LogP contribution in [0, 0.1) is 18.6 Å². The Bertz CT molecular complexity index is 391. The zero-order chi connectivity index (χ0) is 11.4. The van der Waals surface area contributed by atoms with Gasteiger partial charge in [0.2, 0.25) is 0 Å². The molecule has 0 atom stereocenters. The summed E-state index contributed by atoms with van der Waals surface area (Å²) in [5.74, 6) is 3.28. The molecular formula is C10H12F2N2O. The summed E-state index contributed by atoms with van der Waals surface area (Å²) in [6, 6.07) is 1.37. The second kappa shape index (κ2) is 4.72. The van der Waals surface area contributed by atoms with E-state index in [1.54, 1.807) is 6.92 Å². The topological polar surface area (TPSA) is 47.6 Å². The van der Waals surface area contributed by atoms with E-state index >= 15 is 0 Å². The summed E-state index contributed by atoms with van der Waals surface area (Å²) in [7, 11) is 0. The normalized spacial score (nSPS) is 10.9. The van der Waals surface area contributed by atoms with Crippen LogP contribution in [0.3, 0.4) is 0 Å². The van der Waals surface area contributed by atoms with E-state index in [0.717, 1.165) is 6.21 Å². The fourth-order valence-corrected chi connectivity index (χ4v) is 1.19. The van der Waals surface area contributed by atoms with Gasteiger partial charge >= 0.3 is 0 Å². The molecule has 0 spiro atoms. The van der Waals surface area contributed by atoms with Crippen molar-refractivity contribution >= 4 is 6.21 Å². The van der Waals surface area contributed by atoms with Crippen LogP contribution >= 0.6 is 0 Å². The van der Waals surface area contributed by atoms with Gasteiger partial charge in [0.15, 0.2) is 11.6 Å². The molecule has 0 aromatic heterocycles. The molecule has 1 aromatic carbocycles. The van der Waals surface area contributed by atoms with Crippen LogP contribution in [0.25, 0.3) is 0 Å². The summed E-state index contributed by atoms with van der Waals surface area (Å²) >= 11 is 0. The number of benzene rings is 1. The number of halogens is 2. The molecule has 15 heavy (non-hydrogen) atoms. The maximum Gasteiger partial charge on any atom is 0.168 e. The molecule has 1 aromatic rings. The number of hydrogen-bond donors (Lipinski definition) is 1. The molecule has 0 bridgehead atoms. The monoisotopic (exact) mass is 214 g/mol. The zero-order valence-electron chi connectivity index (χ0n) is 8.55. The Kier molecular flexibility index (Phi) is 3.60. The molecule has 0 aliphatic rings. The van der Waals surface area contributed by atoms with Gasteiger partial charge in [0, 0.05) is 11.1 Å². The summed E-state index contributed by atoms with van der Waals surface area (Å²) in [4.78, 5) is 0. The molecule has 82 valence electrons. The summed E-state index contributed by atoms with van der Waals surface area (Å²) in [6.45, 7) is 3.59. The summed E-state index contributed by atoms with van der Waals surface area (Å²) in [6.07, 6.45) is 1.04. The van der Waals surface area contributed by atoms with Gasteiger partial charge in [-0.15, -0.1) is 0 Å². The lowest BCUT2D eigenvalue weighted by Gasteiger charge is -2.09. The van der Waals surface area contributed by atoms with Gasteiger partial charge in [-0.05, 0) is 19.9 Å². The smallest absolute Gasteiger partial charge is 0.168 e. The first-order valence-corrected chi connectivity index (χ1v) is 4.46. The standard InChI is InChI=1S/C10H12F2N2O/c1-3-15-8-4-7(5-14-13)10(12)9(11)6(8)2/h4-5H,3,13H2,1-2H3. The Morgan fingerprint density at radius 2 is 2.13 bits per heavy atom. The highest BCUT2D eigenvalue weighted by Crippen LogP contribution is 2.25. The summed E-state index contributed by atoms with van der Waals surface area (Å²) in [5, 5.41) is 3.15. The van der Waals surface area contributed by atoms with Crippen molar-refractivity contribution in [2.75, 3.05) is 6.61 Å². The third kappa shape index (κ3) is 2.23. The number of ether oxygens (including phenoxy) is 1. The van der Waals surface area contributed by atoms with Crippen molar-refractivity contribution < 1.29 is 13.5 Å². The van der Waals surface area contributed by atoms with E-state index < -0.39 is 11.6 Å². The van der Waals surface area contributed by atoms with Crippen molar-refractivity contribution in [1.82, 2.24) is 0 Å². The number of nitrogens with zero attached hydrogens (tertiary/aromatic N) is 1. The van der Waals surface area contributed by atoms with Crippen molar-refractivity contribution in [3.8, 4) is 5.75 Å². The fraction of sp³-hybridized carbons (Fsp3) is 0.300. The lowest BCUT2D eigenvalue weighted by molar-refractivity contribution is 0.333. The van der Waals surface area contributed by atoms with Crippen LogP contribution in [0.5, 0.6) is 5.75 Å². The molecule has 0 saturated carbocycles. The van der Waals surface area contributed by atoms with Crippen LogP contribution in [-0.4, -0.2) is 12.8 Å². The van der Waals surface area contributed by atoms with Crippen molar-refractivity contribution in [2.45, 2.75) is 13.8 Å². The van der Waals surface area contributed by atoms with E-state index in [2.05, 4.69) is 5.10 Å². The molecule has 0 fully saturated rings. The SMILES string of the molecule is CCOc1cc(C=NN)c(F)c(F)c1C. The first-order chi connectivity index (χ1) is 7.11. The van der Waals surface area contributed by atoms with E-state index in [1.807, 2.05) is 0 Å². The predicted octanol–water partition coefficient (Wildman–Crippen LogP) is 1.96. The minimum atomic E-state index is -0.967. The maximum atomic E-state index is 13.3. The zero-order valence-corrected chi connectivity index (χ0v) is 8.55.